The number of nitrogens with zero attached hydrogens (tertiary/aromatic N) is 2. The molecule has 1 heterocycles. The van der Waals surface area contributed by atoms with Crippen molar-refractivity contribution < 1.29 is 0 Å². The highest BCUT2D eigenvalue weighted by atomic mass is 15.1. The minimum absolute atomic E-state index is 0.804. The van der Waals surface area contributed by atoms with E-state index in [0.717, 1.165) is 24.2 Å². The Balaban J connectivity index is 2.31. The fraction of sp³-hybridized carbons (Fsp3) is 0.462. The average molecular weight is 200 g/mol. The largest absolute Gasteiger partial charge is 0.371 e. The lowest BCUT2D eigenvalue weighted by Gasteiger charge is -2.30. The van der Waals surface area contributed by atoms with Crippen LogP contribution < -0.4 is 4.90 Å². The molecule has 1 aromatic carbocycles. The van der Waals surface area contributed by atoms with Crippen molar-refractivity contribution in [2.75, 3.05) is 18.0 Å². The number of nitriles is 1. The molecule has 0 aromatic heterocycles. The molecular weight excluding hydrogens is 184 g/mol. The quantitative estimate of drug-likeness (QED) is 0.697. The predicted octanol–water partition coefficient (Wildman–Crippen LogP) is 2.86. The Bertz CT molecular complexity index is 384. The van der Waals surface area contributed by atoms with Gasteiger partial charge < -0.3 is 4.90 Å². The smallest absolute Gasteiger partial charge is 0.0995 e. The highest BCUT2D eigenvalue weighted by molar-refractivity contribution is 5.59. The summed E-state index contributed by atoms with van der Waals surface area (Å²) in [5, 5.41) is 8.97. The van der Waals surface area contributed by atoms with Crippen molar-refractivity contribution in [1.82, 2.24) is 0 Å². The van der Waals surface area contributed by atoms with Crippen LogP contribution in [-0.2, 0) is 0 Å². The Hall–Kier alpha value is -1.49. The van der Waals surface area contributed by atoms with Gasteiger partial charge in [-0.25, -0.2) is 0 Å². The van der Waals surface area contributed by atoms with E-state index in [1.165, 1.54) is 24.9 Å². The van der Waals surface area contributed by atoms with Crippen LogP contribution in [-0.4, -0.2) is 13.1 Å². The lowest BCUT2D eigenvalue weighted by Crippen LogP contribution is -2.30. The number of benzene rings is 1. The van der Waals surface area contributed by atoms with Crippen molar-refractivity contribution in [3.63, 3.8) is 0 Å². The van der Waals surface area contributed by atoms with E-state index in [-0.39, 0.29) is 0 Å². The van der Waals surface area contributed by atoms with Crippen molar-refractivity contribution in [3.05, 3.63) is 29.3 Å². The molecule has 0 aliphatic carbocycles. The molecule has 0 bridgehead atoms. The van der Waals surface area contributed by atoms with Gasteiger partial charge in [0.05, 0.1) is 11.6 Å². The molecule has 0 spiro atoms. The minimum atomic E-state index is 0.804. The molecular formula is C13H16N2. The van der Waals surface area contributed by atoms with E-state index in [2.05, 4.69) is 17.0 Å². The maximum Gasteiger partial charge on any atom is 0.0995 e. The molecule has 0 saturated carbocycles. The highest BCUT2D eigenvalue weighted by Gasteiger charge is 2.13. The predicted molar refractivity (Wildman–Crippen MR) is 62.0 cm³/mol. The van der Waals surface area contributed by atoms with Crippen LogP contribution in [0.1, 0.15) is 30.4 Å². The van der Waals surface area contributed by atoms with Crippen LogP contribution in [0.5, 0.6) is 0 Å². The molecule has 1 fully saturated rings. The lowest BCUT2D eigenvalue weighted by atomic mass is 10.0. The fourth-order valence-electron chi connectivity index (χ4n) is 2.22. The van der Waals surface area contributed by atoms with Crippen molar-refractivity contribution in [2.24, 2.45) is 0 Å². The van der Waals surface area contributed by atoms with Gasteiger partial charge in [0.1, 0.15) is 0 Å². The second kappa shape index (κ2) is 4.35. The van der Waals surface area contributed by atoms with E-state index in [1.54, 1.807) is 0 Å². The summed E-state index contributed by atoms with van der Waals surface area (Å²) in [6.45, 7) is 4.31. The summed E-state index contributed by atoms with van der Waals surface area (Å²) in [5.74, 6) is 0. The van der Waals surface area contributed by atoms with Gasteiger partial charge >= 0.3 is 0 Å². The molecule has 0 amide bonds. The maximum atomic E-state index is 8.97. The monoisotopic (exact) mass is 200 g/mol. The molecule has 1 aliphatic heterocycles. The van der Waals surface area contributed by atoms with Gasteiger partial charge in [-0.15, -0.1) is 0 Å². The van der Waals surface area contributed by atoms with Crippen LogP contribution in [0.3, 0.4) is 0 Å². The van der Waals surface area contributed by atoms with Gasteiger partial charge in [-0.3, -0.25) is 0 Å². The van der Waals surface area contributed by atoms with Crippen molar-refractivity contribution in [1.29, 1.82) is 5.26 Å². The van der Waals surface area contributed by atoms with E-state index in [0.29, 0.717) is 0 Å². The lowest BCUT2D eigenvalue weighted by molar-refractivity contribution is 0.577. The molecule has 2 nitrogen and oxygen atoms in total. The molecule has 1 saturated heterocycles. The third-order valence-electron chi connectivity index (χ3n) is 3.12. The van der Waals surface area contributed by atoms with Crippen LogP contribution in [0.4, 0.5) is 5.69 Å². The van der Waals surface area contributed by atoms with Crippen molar-refractivity contribution in [3.8, 4) is 6.07 Å². The molecule has 0 atom stereocenters. The number of hydrogen-bond donors (Lipinski definition) is 0. The van der Waals surface area contributed by atoms with Gasteiger partial charge in [-0.05, 0) is 43.9 Å². The first-order valence-corrected chi connectivity index (χ1v) is 5.57. The second-order valence-electron chi connectivity index (χ2n) is 4.11. The standard InChI is InChI=1S/C13H16N2/c1-11-12(10-14)6-5-7-13(11)15-8-3-2-4-9-15/h5-7H,2-4,8-9H2,1H3. The van der Waals surface area contributed by atoms with E-state index in [1.807, 2.05) is 19.1 Å². The number of anilines is 1. The van der Waals surface area contributed by atoms with E-state index < -0.39 is 0 Å². The van der Waals surface area contributed by atoms with Crippen LogP contribution >= 0.6 is 0 Å². The summed E-state index contributed by atoms with van der Waals surface area (Å²) in [5.41, 5.74) is 3.17. The molecule has 0 N–H and O–H groups in total. The van der Waals surface area contributed by atoms with Gasteiger partial charge in [-0.1, -0.05) is 6.07 Å². The summed E-state index contributed by atoms with van der Waals surface area (Å²) in [6, 6.07) is 8.25. The minimum Gasteiger partial charge on any atom is -0.371 e. The van der Waals surface area contributed by atoms with Crippen molar-refractivity contribution in [2.45, 2.75) is 26.2 Å². The van der Waals surface area contributed by atoms with Gasteiger partial charge in [0, 0.05) is 18.8 Å². The number of hydrogen-bond acceptors (Lipinski definition) is 2. The first kappa shape index (κ1) is 10.0. The normalized spacial score (nSPS) is 16.1. The summed E-state index contributed by atoms with van der Waals surface area (Å²) in [7, 11) is 0. The summed E-state index contributed by atoms with van der Waals surface area (Å²) < 4.78 is 0. The van der Waals surface area contributed by atoms with Crippen molar-refractivity contribution >= 4 is 5.69 Å². The van der Waals surface area contributed by atoms with Crippen LogP contribution in [0.25, 0.3) is 0 Å². The Morgan fingerprint density at radius 2 is 1.93 bits per heavy atom. The second-order valence-corrected chi connectivity index (χ2v) is 4.11. The van der Waals surface area contributed by atoms with Gasteiger partial charge in [0.15, 0.2) is 0 Å². The SMILES string of the molecule is Cc1c(C#N)cccc1N1CCCCC1. The van der Waals surface area contributed by atoms with Crippen LogP contribution in [0, 0.1) is 18.3 Å². The van der Waals surface area contributed by atoms with Crippen LogP contribution in [0.2, 0.25) is 0 Å². The first-order chi connectivity index (χ1) is 7.33. The molecule has 2 rings (SSSR count). The van der Waals surface area contributed by atoms with Crippen LogP contribution in [0.15, 0.2) is 18.2 Å². The zero-order chi connectivity index (χ0) is 10.7. The Labute approximate surface area is 91.1 Å². The van der Waals surface area contributed by atoms with E-state index in [9.17, 15) is 0 Å². The highest BCUT2D eigenvalue weighted by Crippen LogP contribution is 2.25. The topological polar surface area (TPSA) is 27.0 Å². The third kappa shape index (κ3) is 1.97. The summed E-state index contributed by atoms with van der Waals surface area (Å²) >= 11 is 0. The third-order valence-corrected chi connectivity index (χ3v) is 3.12. The molecule has 15 heavy (non-hydrogen) atoms. The molecule has 0 unspecified atom stereocenters. The molecule has 0 radical (unpaired) electrons. The van der Waals surface area contributed by atoms with Gasteiger partial charge in [0.25, 0.3) is 0 Å². The van der Waals surface area contributed by atoms with Gasteiger partial charge in [0.2, 0.25) is 0 Å². The summed E-state index contributed by atoms with van der Waals surface area (Å²) in [6.07, 6.45) is 3.89. The Morgan fingerprint density at radius 3 is 2.60 bits per heavy atom. The Kier molecular flexibility index (Phi) is 2.91. The van der Waals surface area contributed by atoms with E-state index >= 15 is 0 Å². The zero-order valence-corrected chi connectivity index (χ0v) is 9.16. The molecule has 2 heteroatoms. The fourth-order valence-corrected chi connectivity index (χ4v) is 2.22. The first-order valence-electron chi connectivity index (χ1n) is 5.57. The zero-order valence-electron chi connectivity index (χ0n) is 9.16. The molecule has 1 aliphatic rings. The molecule has 1 aromatic rings. The number of rotatable bonds is 1. The average Bonchev–Trinajstić information content (AvgIpc) is 2.30. The summed E-state index contributed by atoms with van der Waals surface area (Å²) in [4.78, 5) is 2.40. The van der Waals surface area contributed by atoms with Gasteiger partial charge in [-0.2, -0.15) is 5.26 Å². The number of piperidine rings is 1. The molecule has 78 valence electrons. The Morgan fingerprint density at radius 1 is 1.20 bits per heavy atom. The maximum absolute atomic E-state index is 8.97. The van der Waals surface area contributed by atoms with E-state index in [4.69, 9.17) is 5.26 Å².